The molecule has 93 heavy (non-hydrogen) atoms. The summed E-state index contributed by atoms with van der Waals surface area (Å²) in [5.41, 5.74) is 10.7. The van der Waals surface area contributed by atoms with Gasteiger partial charge in [0.25, 0.3) is 22.7 Å². The zero-order chi connectivity index (χ0) is 64.9. The number of nitrogens with zero attached hydrogens (tertiary/aromatic N) is 12. The number of hydrogen-bond acceptors (Lipinski definition) is 12. The standard InChI is InChI=1S/C48H24N8.4C6H5NO2.Cu/c49-25-29-5-1-9-33(21-29)45-37-13-15-39(53-37)46(34-10-2-6-30(22-34)26-50)41-17-19-43(55-41)48(36-12-4-8-32(24-36)28-52)44-20-18-42(56-44)47(40-16-14-38(45)54-40)35-11-3-7-31(23-35)27-51;4*8-7(9)6-4-2-1-3-5-6;/h1-24H;4*1-5H;. The van der Waals surface area contributed by atoms with E-state index < -0.39 is 19.7 Å². The van der Waals surface area contributed by atoms with E-state index in [1.807, 2.05) is 121 Å². The second-order valence-corrected chi connectivity index (χ2v) is 19.5. The van der Waals surface area contributed by atoms with E-state index in [-0.39, 0.29) is 39.8 Å². The van der Waals surface area contributed by atoms with Crippen LogP contribution in [0.5, 0.6) is 0 Å². The first-order valence-electron chi connectivity index (χ1n) is 27.6. The van der Waals surface area contributed by atoms with Crippen LogP contribution in [-0.4, -0.2) is 19.7 Å². The average Bonchev–Trinajstić information content (AvgIpc) is 1.65. The Kier molecular flexibility index (Phi) is 22.1. The molecule has 8 aromatic carbocycles. The molecule has 0 fully saturated rings. The quantitative estimate of drug-likeness (QED) is 0.0590. The molecule has 0 amide bonds. The molecule has 4 aromatic heterocycles. The molecule has 1 aliphatic heterocycles. The average molecular weight is 1270 g/mol. The molecule has 0 N–H and O–H groups in total. The third-order valence-electron chi connectivity index (χ3n) is 13.6. The summed E-state index contributed by atoms with van der Waals surface area (Å²) < 4.78 is 0. The maximum Gasteiger partial charge on any atom is 0.269 e. The van der Waals surface area contributed by atoms with Crippen LogP contribution in [-0.2, 0) is 17.1 Å². The van der Waals surface area contributed by atoms with Crippen LogP contribution in [0.4, 0.5) is 22.7 Å². The summed E-state index contributed by atoms with van der Waals surface area (Å²) in [5.74, 6) is 2.90. The molecule has 0 saturated carbocycles. The minimum Gasteiger partial charge on any atom is -0.628 e. The molecule has 0 atom stereocenters. The summed E-state index contributed by atoms with van der Waals surface area (Å²) in [4.78, 5) is 59.3. The minimum absolute atomic E-state index is 0. The summed E-state index contributed by atoms with van der Waals surface area (Å²) >= 11 is 0. The molecule has 0 spiro atoms. The van der Waals surface area contributed by atoms with Crippen molar-refractivity contribution < 1.29 is 36.8 Å². The van der Waals surface area contributed by atoms with Crippen LogP contribution >= 0.6 is 0 Å². The van der Waals surface area contributed by atoms with Crippen LogP contribution in [0.1, 0.15) is 90.1 Å². The summed E-state index contributed by atoms with van der Waals surface area (Å²) in [6, 6.07) is 85.7. The fourth-order valence-corrected chi connectivity index (χ4v) is 9.45. The van der Waals surface area contributed by atoms with Crippen LogP contribution in [0.3, 0.4) is 0 Å². The van der Waals surface area contributed by atoms with Crippen LogP contribution in [0, 0.1) is 109 Å². The van der Waals surface area contributed by atoms with E-state index >= 15 is 0 Å². The number of hydrogen-bond donors (Lipinski definition) is 0. The van der Waals surface area contributed by atoms with Crippen LogP contribution in [0.25, 0.3) is 0 Å². The van der Waals surface area contributed by atoms with E-state index in [4.69, 9.17) is 19.9 Å². The minimum atomic E-state index is -0.417. The number of non-ortho nitro benzene ring substituents is 4. The van der Waals surface area contributed by atoms with Gasteiger partial charge in [0.15, 0.2) is 0 Å². The third kappa shape index (κ3) is 16.5. The van der Waals surface area contributed by atoms with Gasteiger partial charge in [0.1, 0.15) is 24.3 Å². The Morgan fingerprint density at radius 3 is 0.570 bits per heavy atom. The molecule has 0 aliphatic carbocycles. The Labute approximate surface area is 543 Å². The summed E-state index contributed by atoms with van der Waals surface area (Å²) in [6.45, 7) is 0. The van der Waals surface area contributed by atoms with Crippen molar-refractivity contribution >= 4 is 22.7 Å². The Morgan fingerprint density at radius 2 is 0.430 bits per heavy atom. The number of nitro groups is 4. The molecule has 8 bridgehead atoms. The van der Waals surface area contributed by atoms with Gasteiger partial charge in [-0.15, -0.1) is 0 Å². The van der Waals surface area contributed by atoms with Crippen molar-refractivity contribution in [2.75, 3.05) is 0 Å². The van der Waals surface area contributed by atoms with E-state index in [2.05, 4.69) is 24.3 Å². The van der Waals surface area contributed by atoms with Crippen molar-refractivity contribution in [1.29, 1.82) is 21.0 Å². The second-order valence-electron chi connectivity index (χ2n) is 19.5. The number of aromatic nitrogens is 4. The van der Waals surface area contributed by atoms with Gasteiger partial charge in [-0.2, -0.15) is 21.0 Å². The monoisotopic (exact) mass is 1270 g/mol. The van der Waals surface area contributed by atoms with E-state index in [1.165, 1.54) is 48.5 Å². The molecular formula is C72H44CuN12O8. The summed E-state index contributed by atoms with van der Waals surface area (Å²) in [6.07, 6.45) is 0. The predicted molar refractivity (Wildman–Crippen MR) is 338 cm³/mol. The van der Waals surface area contributed by atoms with Gasteiger partial charge in [-0.1, -0.05) is 72.8 Å². The van der Waals surface area contributed by atoms with E-state index in [0.717, 1.165) is 45.9 Å². The number of para-hydroxylation sites is 4. The van der Waals surface area contributed by atoms with Gasteiger partial charge in [0.2, 0.25) is 0 Å². The van der Waals surface area contributed by atoms with Crippen molar-refractivity contribution in [3.63, 3.8) is 0 Å². The first-order chi connectivity index (χ1) is 44.7. The van der Waals surface area contributed by atoms with Gasteiger partial charge in [0, 0.05) is 186 Å². The van der Waals surface area contributed by atoms with Gasteiger partial charge in [-0.3, -0.25) is 40.5 Å². The normalized spacial score (nSPS) is 10.7. The number of rotatable bonds is 8. The molecule has 5 heterocycles. The van der Waals surface area contributed by atoms with Crippen molar-refractivity contribution in [2.45, 2.75) is 0 Å². The number of nitro benzene ring substituents is 4. The fourth-order valence-electron chi connectivity index (χ4n) is 9.45. The van der Waals surface area contributed by atoms with Crippen LogP contribution in [0.2, 0.25) is 0 Å². The summed E-state index contributed by atoms with van der Waals surface area (Å²) in [7, 11) is 0. The molecule has 0 saturated heterocycles. The summed E-state index contributed by atoms with van der Waals surface area (Å²) in [5, 5.41) is 79.5. The van der Waals surface area contributed by atoms with Crippen molar-refractivity contribution in [2.24, 2.45) is 0 Å². The van der Waals surface area contributed by atoms with E-state index in [0.29, 0.717) is 67.8 Å². The Hall–Kier alpha value is -13.6. The largest absolute Gasteiger partial charge is 0.628 e. The smallest absolute Gasteiger partial charge is 0.269 e. The maximum atomic E-state index is 10.0. The fraction of sp³-hybridized carbons (Fsp3) is 0. The second kappa shape index (κ2) is 31.4. The Morgan fingerprint density at radius 1 is 0.258 bits per heavy atom. The van der Waals surface area contributed by atoms with Gasteiger partial charge in [0.05, 0.1) is 64.2 Å². The van der Waals surface area contributed by atoms with Crippen molar-refractivity contribution in [3.8, 4) is 24.3 Å². The van der Waals surface area contributed by atoms with Gasteiger partial charge < -0.3 is 19.9 Å². The SMILES string of the molecule is N#Cc1cccc([C+]2c3ccc([n-]3)[C+](c3cccc(C#N)c3)c3ccc([n-]3)[C+](c3cccc(C#N)c3)c3ccc([n-]3)[C+](c3cccc(C#N)c3)c3ccc2[n-]3)c1.O=[N+]([O-])c1ccccc1.O=[N+]([O-])c1ccccc1.O=[N+]([O-])c1ccccc1.O=[N+]([O-])c1ccccc1.[Cu]. The molecule has 1 aliphatic rings. The van der Waals surface area contributed by atoms with Gasteiger partial charge >= 0.3 is 0 Å². The van der Waals surface area contributed by atoms with Crippen molar-refractivity contribution in [3.05, 3.63) is 421 Å². The van der Waals surface area contributed by atoms with E-state index in [1.54, 1.807) is 97.1 Å². The number of nitriles is 4. The van der Waals surface area contributed by atoms with E-state index in [9.17, 15) is 61.5 Å². The Bertz CT molecular complexity index is 4050. The number of fused-ring (bicyclic) bond motifs is 8. The predicted octanol–water partition coefficient (Wildman–Crippen LogP) is 13.8. The van der Waals surface area contributed by atoms with Gasteiger partial charge in [-0.05, 0) is 94.1 Å². The topological polar surface area (TPSA) is 324 Å². The molecule has 12 aromatic rings. The Balaban J connectivity index is 0.000000240. The molecular weight excluding hydrogens is 1220 g/mol. The first-order valence-corrected chi connectivity index (χ1v) is 27.6. The molecule has 21 heteroatoms. The third-order valence-corrected chi connectivity index (χ3v) is 13.6. The first kappa shape index (κ1) is 65.4. The molecule has 0 unspecified atom stereocenters. The van der Waals surface area contributed by atoms with Crippen LogP contribution < -0.4 is 19.9 Å². The molecule has 20 nitrogen and oxygen atoms in total. The van der Waals surface area contributed by atoms with Gasteiger partial charge in [-0.25, -0.2) is 0 Å². The zero-order valence-electron chi connectivity index (χ0n) is 48.3. The van der Waals surface area contributed by atoms with Crippen molar-refractivity contribution in [1.82, 2.24) is 19.9 Å². The van der Waals surface area contributed by atoms with Crippen LogP contribution in [0.15, 0.2) is 267 Å². The number of benzene rings is 8. The zero-order valence-corrected chi connectivity index (χ0v) is 49.3. The molecule has 451 valence electrons. The maximum absolute atomic E-state index is 10.0. The molecule has 13 rings (SSSR count). The molecule has 1 radical (unpaired) electrons.